The highest BCUT2D eigenvalue weighted by atomic mass is 32.1. The molecular weight excluding hydrogens is 324 g/mol. The molecule has 126 valence electrons. The van der Waals surface area contributed by atoms with E-state index >= 15 is 0 Å². The van der Waals surface area contributed by atoms with Crippen LogP contribution in [-0.4, -0.2) is 4.98 Å². The zero-order chi connectivity index (χ0) is 17.6. The fourth-order valence-corrected chi connectivity index (χ4v) is 4.76. The summed E-state index contributed by atoms with van der Waals surface area (Å²) in [6.45, 7) is 6.71. The van der Waals surface area contributed by atoms with E-state index in [1.807, 2.05) is 17.7 Å². The Kier molecular flexibility index (Phi) is 4.04. The predicted octanol–water partition coefficient (Wildman–Crippen LogP) is 5.45. The number of aryl methyl sites for hydroxylation is 2. The molecule has 0 N–H and O–H groups in total. The second-order valence-corrected chi connectivity index (χ2v) is 8.28. The molecule has 4 aromatic rings. The van der Waals surface area contributed by atoms with Gasteiger partial charge < -0.3 is 0 Å². The maximum absolute atomic E-state index is 4.78. The summed E-state index contributed by atoms with van der Waals surface area (Å²) >= 11 is 1.85. The van der Waals surface area contributed by atoms with Gasteiger partial charge in [-0.15, -0.1) is 11.3 Å². The Hall–Kier alpha value is -2.26. The van der Waals surface area contributed by atoms with Crippen LogP contribution < -0.4 is 4.57 Å². The summed E-state index contributed by atoms with van der Waals surface area (Å²) in [4.78, 5) is 4.78. The second kappa shape index (κ2) is 6.23. The normalized spacial score (nSPS) is 11.7. The van der Waals surface area contributed by atoms with Crippen LogP contribution in [-0.2, 0) is 13.5 Å². The van der Waals surface area contributed by atoms with Gasteiger partial charge in [0.05, 0.1) is 7.05 Å². The Balaban J connectivity index is 2.01. The fourth-order valence-electron chi connectivity index (χ4n) is 3.53. The number of nitrogens with zero attached hydrogens (tertiary/aromatic N) is 2. The fraction of sp³-hybridized carbons (Fsp3) is 0.273. The minimum Gasteiger partial charge on any atom is -0.231 e. The standard InChI is InChI=1S/C22H23N2S/c1-14(2)11-16-9-10-19-18(12-16)20-22(25-19)21(24(4)13-23-20)17-8-6-5-7-15(17)3/h5-10,12-14H,11H2,1-4H3/q+1. The van der Waals surface area contributed by atoms with Gasteiger partial charge in [-0.1, -0.05) is 44.2 Å². The summed E-state index contributed by atoms with van der Waals surface area (Å²) < 4.78 is 4.74. The lowest BCUT2D eigenvalue weighted by Crippen LogP contribution is -2.31. The molecule has 0 saturated carbocycles. The molecule has 3 heteroatoms. The van der Waals surface area contributed by atoms with E-state index in [0.29, 0.717) is 5.92 Å². The Morgan fingerprint density at radius 2 is 1.92 bits per heavy atom. The van der Waals surface area contributed by atoms with Gasteiger partial charge in [-0.2, -0.15) is 0 Å². The van der Waals surface area contributed by atoms with Crippen molar-refractivity contribution in [3.8, 4) is 11.3 Å². The lowest BCUT2D eigenvalue weighted by atomic mass is 10.0. The van der Waals surface area contributed by atoms with Crippen LogP contribution in [0.5, 0.6) is 0 Å². The molecule has 0 aliphatic rings. The first-order chi connectivity index (χ1) is 12.0. The molecule has 4 rings (SSSR count). The van der Waals surface area contributed by atoms with E-state index < -0.39 is 0 Å². The summed E-state index contributed by atoms with van der Waals surface area (Å²) in [5, 5.41) is 1.29. The molecule has 0 unspecified atom stereocenters. The largest absolute Gasteiger partial charge is 0.287 e. The minimum atomic E-state index is 0.663. The van der Waals surface area contributed by atoms with Crippen molar-refractivity contribution in [2.24, 2.45) is 13.0 Å². The number of hydrogen-bond donors (Lipinski definition) is 0. The van der Waals surface area contributed by atoms with E-state index in [0.717, 1.165) is 11.9 Å². The van der Waals surface area contributed by atoms with Gasteiger partial charge in [0.15, 0.2) is 5.69 Å². The highest BCUT2D eigenvalue weighted by Gasteiger charge is 2.21. The number of rotatable bonds is 3. The molecule has 2 heterocycles. The topological polar surface area (TPSA) is 16.8 Å². The van der Waals surface area contributed by atoms with E-state index in [1.54, 1.807) is 0 Å². The molecule has 2 aromatic heterocycles. The Labute approximate surface area is 152 Å². The number of thiophene rings is 1. The highest BCUT2D eigenvalue weighted by molar-refractivity contribution is 7.26. The lowest BCUT2D eigenvalue weighted by molar-refractivity contribution is -0.662. The summed E-state index contributed by atoms with van der Waals surface area (Å²) in [6, 6.07) is 15.5. The van der Waals surface area contributed by atoms with Crippen molar-refractivity contribution in [2.75, 3.05) is 0 Å². The quantitative estimate of drug-likeness (QED) is 0.450. The van der Waals surface area contributed by atoms with Crippen LogP contribution in [0.4, 0.5) is 0 Å². The van der Waals surface area contributed by atoms with E-state index in [2.05, 4.69) is 74.9 Å². The van der Waals surface area contributed by atoms with Crippen molar-refractivity contribution in [3.63, 3.8) is 0 Å². The maximum atomic E-state index is 4.78. The van der Waals surface area contributed by atoms with Gasteiger partial charge in [-0.3, -0.25) is 0 Å². The van der Waals surface area contributed by atoms with Gasteiger partial charge in [-0.25, -0.2) is 4.57 Å². The Morgan fingerprint density at radius 3 is 2.68 bits per heavy atom. The molecule has 25 heavy (non-hydrogen) atoms. The first-order valence-electron chi connectivity index (χ1n) is 8.80. The molecular formula is C22H23N2S+. The molecule has 2 nitrogen and oxygen atoms in total. The summed E-state index contributed by atoms with van der Waals surface area (Å²) in [5.41, 5.74) is 6.36. The molecule has 0 radical (unpaired) electrons. The van der Waals surface area contributed by atoms with Gasteiger partial charge >= 0.3 is 0 Å². The molecule has 0 bridgehead atoms. The van der Waals surface area contributed by atoms with Gasteiger partial charge in [0.2, 0.25) is 5.52 Å². The van der Waals surface area contributed by atoms with Crippen molar-refractivity contribution in [2.45, 2.75) is 27.2 Å². The average molecular weight is 348 g/mol. The van der Waals surface area contributed by atoms with Crippen molar-refractivity contribution >= 4 is 31.6 Å². The number of benzene rings is 2. The lowest BCUT2D eigenvalue weighted by Gasteiger charge is -2.06. The molecule has 0 atom stereocenters. The molecule has 0 spiro atoms. The summed E-state index contributed by atoms with van der Waals surface area (Å²) in [5.74, 6) is 0.663. The van der Waals surface area contributed by atoms with Crippen LogP contribution in [0.3, 0.4) is 0 Å². The Morgan fingerprint density at radius 1 is 1.12 bits per heavy atom. The number of hydrogen-bond acceptors (Lipinski definition) is 2. The van der Waals surface area contributed by atoms with Gasteiger partial charge in [0.1, 0.15) is 4.70 Å². The zero-order valence-corrected chi connectivity index (χ0v) is 16.0. The molecule has 0 aliphatic heterocycles. The van der Waals surface area contributed by atoms with Crippen LogP contribution >= 0.6 is 11.3 Å². The summed E-state index contributed by atoms with van der Waals surface area (Å²) in [6.07, 6.45) is 3.06. The summed E-state index contributed by atoms with van der Waals surface area (Å²) in [7, 11) is 2.09. The number of aromatic nitrogens is 2. The zero-order valence-electron chi connectivity index (χ0n) is 15.2. The van der Waals surface area contributed by atoms with Crippen molar-refractivity contribution in [1.29, 1.82) is 0 Å². The van der Waals surface area contributed by atoms with Crippen LogP contribution in [0, 0.1) is 12.8 Å². The van der Waals surface area contributed by atoms with E-state index in [9.17, 15) is 0 Å². The average Bonchev–Trinajstić information content (AvgIpc) is 2.93. The van der Waals surface area contributed by atoms with E-state index in [-0.39, 0.29) is 0 Å². The van der Waals surface area contributed by atoms with Gasteiger partial charge in [-0.05, 0) is 47.5 Å². The van der Waals surface area contributed by atoms with Crippen LogP contribution in [0.2, 0.25) is 0 Å². The second-order valence-electron chi connectivity index (χ2n) is 7.23. The van der Waals surface area contributed by atoms with Crippen LogP contribution in [0.25, 0.3) is 31.6 Å². The van der Waals surface area contributed by atoms with Gasteiger partial charge in [0.25, 0.3) is 6.33 Å². The third-order valence-corrected chi connectivity index (χ3v) is 5.86. The highest BCUT2D eigenvalue weighted by Crippen LogP contribution is 2.38. The van der Waals surface area contributed by atoms with Crippen LogP contribution in [0.15, 0.2) is 48.8 Å². The third-order valence-electron chi connectivity index (χ3n) is 4.70. The van der Waals surface area contributed by atoms with Crippen molar-refractivity contribution in [3.05, 3.63) is 59.9 Å². The van der Waals surface area contributed by atoms with Gasteiger partial charge in [0, 0.05) is 15.6 Å². The molecule has 0 saturated heterocycles. The smallest absolute Gasteiger partial charge is 0.231 e. The monoisotopic (exact) mass is 347 g/mol. The first kappa shape index (κ1) is 16.2. The van der Waals surface area contributed by atoms with E-state index in [1.165, 1.54) is 37.2 Å². The SMILES string of the molecule is Cc1ccccc1-c1c2sc3ccc(CC(C)C)cc3c2nc[n+]1C. The molecule has 0 fully saturated rings. The van der Waals surface area contributed by atoms with Crippen LogP contribution in [0.1, 0.15) is 25.0 Å². The molecule has 0 aliphatic carbocycles. The maximum Gasteiger partial charge on any atom is 0.287 e. The van der Waals surface area contributed by atoms with Crippen molar-refractivity contribution in [1.82, 2.24) is 4.98 Å². The molecule has 0 amide bonds. The Bertz CT molecular complexity index is 1080. The first-order valence-corrected chi connectivity index (χ1v) is 9.62. The third kappa shape index (κ3) is 2.83. The van der Waals surface area contributed by atoms with Crippen molar-refractivity contribution < 1.29 is 4.57 Å². The predicted molar refractivity (Wildman–Crippen MR) is 107 cm³/mol. The minimum absolute atomic E-state index is 0.663. The number of fused-ring (bicyclic) bond motifs is 3. The van der Waals surface area contributed by atoms with E-state index in [4.69, 9.17) is 4.98 Å². The molecule has 2 aromatic carbocycles.